The number of anilines is 1. The lowest BCUT2D eigenvalue weighted by atomic mass is 10.2. The Hall–Kier alpha value is -1.82. The van der Waals surface area contributed by atoms with Crippen molar-refractivity contribution in [1.82, 2.24) is 20.5 Å². The molecule has 0 bridgehead atoms. The number of nitrogens with one attached hydrogen (secondary N) is 3. The summed E-state index contributed by atoms with van der Waals surface area (Å²) in [5.41, 5.74) is 1.15. The van der Waals surface area contributed by atoms with E-state index < -0.39 is 0 Å². The molecule has 2 amide bonds. The summed E-state index contributed by atoms with van der Waals surface area (Å²) < 4.78 is 0. The number of carbonyl (C=O) groups is 1. The van der Waals surface area contributed by atoms with Crippen molar-refractivity contribution in [2.45, 2.75) is 26.3 Å². The zero-order valence-electron chi connectivity index (χ0n) is 12.9. The molecule has 0 unspecified atom stereocenters. The third-order valence-corrected chi connectivity index (χ3v) is 3.50. The van der Waals surface area contributed by atoms with Gasteiger partial charge in [0.2, 0.25) is 0 Å². The molecule has 0 aromatic carbocycles. The molecule has 0 saturated carbocycles. The minimum absolute atomic E-state index is 0.0387. The Morgan fingerprint density at radius 3 is 3.05 bits per heavy atom. The number of amides is 2. The van der Waals surface area contributed by atoms with E-state index in [2.05, 4.69) is 27.9 Å². The number of nitrogens with zero attached hydrogens (tertiary/aromatic N) is 2. The van der Waals surface area contributed by atoms with Gasteiger partial charge in [-0.3, -0.25) is 0 Å². The van der Waals surface area contributed by atoms with Crippen LogP contribution in [0.1, 0.15) is 18.9 Å². The molecule has 1 aromatic rings. The van der Waals surface area contributed by atoms with E-state index in [-0.39, 0.29) is 6.03 Å². The molecule has 1 aliphatic rings. The maximum atomic E-state index is 12.0. The van der Waals surface area contributed by atoms with Crippen LogP contribution >= 0.6 is 0 Å². The summed E-state index contributed by atoms with van der Waals surface area (Å²) in [5.74, 6) is 0.878. The minimum Gasteiger partial charge on any atom is -0.370 e. The van der Waals surface area contributed by atoms with Crippen LogP contribution in [0.5, 0.6) is 0 Å². The van der Waals surface area contributed by atoms with Crippen LogP contribution in [0, 0.1) is 6.92 Å². The van der Waals surface area contributed by atoms with Gasteiger partial charge in [0, 0.05) is 45.0 Å². The van der Waals surface area contributed by atoms with Crippen molar-refractivity contribution in [1.29, 1.82) is 0 Å². The van der Waals surface area contributed by atoms with Crippen molar-refractivity contribution in [3.63, 3.8) is 0 Å². The zero-order chi connectivity index (χ0) is 15.1. The molecule has 0 radical (unpaired) electrons. The second-order valence-electron chi connectivity index (χ2n) is 5.53. The predicted molar refractivity (Wildman–Crippen MR) is 84.5 cm³/mol. The van der Waals surface area contributed by atoms with Gasteiger partial charge in [-0.15, -0.1) is 0 Å². The quantitative estimate of drug-likeness (QED) is 0.713. The van der Waals surface area contributed by atoms with Gasteiger partial charge < -0.3 is 20.9 Å². The maximum Gasteiger partial charge on any atom is 0.317 e. The van der Waals surface area contributed by atoms with Gasteiger partial charge in [0.15, 0.2) is 0 Å². The number of hydrogen-bond donors (Lipinski definition) is 3. The predicted octanol–water partition coefficient (Wildman–Crippen LogP) is 1.20. The first-order chi connectivity index (χ1) is 10.1. The number of aryl methyl sites for hydroxylation is 1. The molecule has 3 N–H and O–H groups in total. The second kappa shape index (κ2) is 7.83. The molecule has 116 valence electrons. The third-order valence-electron chi connectivity index (χ3n) is 3.50. The monoisotopic (exact) mass is 291 g/mol. The second-order valence-corrected chi connectivity index (χ2v) is 5.53. The number of carbonyl (C=O) groups excluding carboxylic acids is 1. The van der Waals surface area contributed by atoms with E-state index in [0.29, 0.717) is 12.6 Å². The van der Waals surface area contributed by atoms with E-state index >= 15 is 0 Å². The van der Waals surface area contributed by atoms with Crippen molar-refractivity contribution in [3.8, 4) is 0 Å². The summed E-state index contributed by atoms with van der Waals surface area (Å²) in [6.07, 6.45) is 2.72. The molecule has 0 aliphatic carbocycles. The van der Waals surface area contributed by atoms with E-state index in [1.165, 1.54) is 0 Å². The summed E-state index contributed by atoms with van der Waals surface area (Å²) in [5, 5.41) is 9.54. The van der Waals surface area contributed by atoms with Gasteiger partial charge >= 0.3 is 6.03 Å². The number of hydrogen-bond acceptors (Lipinski definition) is 4. The Labute approximate surface area is 126 Å². The summed E-state index contributed by atoms with van der Waals surface area (Å²) in [7, 11) is 0. The highest BCUT2D eigenvalue weighted by Crippen LogP contribution is 2.03. The highest BCUT2D eigenvalue weighted by atomic mass is 16.2. The van der Waals surface area contributed by atoms with Crippen LogP contribution < -0.4 is 16.0 Å². The lowest BCUT2D eigenvalue weighted by molar-refractivity contribution is 0.179. The van der Waals surface area contributed by atoms with Crippen molar-refractivity contribution in [3.05, 3.63) is 23.9 Å². The molecule has 2 rings (SSSR count). The third kappa shape index (κ3) is 5.23. The molecular formula is C15H25N5O. The molecule has 0 spiro atoms. The Morgan fingerprint density at radius 2 is 2.33 bits per heavy atom. The summed E-state index contributed by atoms with van der Waals surface area (Å²) >= 11 is 0. The van der Waals surface area contributed by atoms with Gasteiger partial charge in [0.05, 0.1) is 0 Å². The van der Waals surface area contributed by atoms with Gasteiger partial charge in [0.1, 0.15) is 5.82 Å². The van der Waals surface area contributed by atoms with Crippen LogP contribution in [-0.4, -0.2) is 54.7 Å². The molecule has 1 saturated heterocycles. The molecule has 21 heavy (non-hydrogen) atoms. The van der Waals surface area contributed by atoms with E-state index in [9.17, 15) is 4.79 Å². The molecule has 2 heterocycles. The van der Waals surface area contributed by atoms with Crippen molar-refractivity contribution < 1.29 is 4.79 Å². The molecule has 1 aromatic heterocycles. The average Bonchev–Trinajstić information content (AvgIpc) is 2.48. The van der Waals surface area contributed by atoms with E-state index in [0.717, 1.165) is 44.0 Å². The van der Waals surface area contributed by atoms with Crippen LogP contribution in [0.15, 0.2) is 18.3 Å². The van der Waals surface area contributed by atoms with Crippen molar-refractivity contribution in [2.24, 2.45) is 0 Å². The number of pyridine rings is 1. The number of rotatable bonds is 5. The van der Waals surface area contributed by atoms with Crippen molar-refractivity contribution >= 4 is 11.8 Å². The maximum absolute atomic E-state index is 12.0. The summed E-state index contributed by atoms with van der Waals surface area (Å²) in [6, 6.07) is 4.41. The van der Waals surface area contributed by atoms with Gasteiger partial charge in [-0.05, 0) is 31.9 Å². The van der Waals surface area contributed by atoms with E-state index in [1.807, 2.05) is 30.2 Å². The van der Waals surface area contributed by atoms with Crippen LogP contribution in [0.2, 0.25) is 0 Å². The van der Waals surface area contributed by atoms with Crippen LogP contribution in [0.4, 0.5) is 10.6 Å². The fourth-order valence-electron chi connectivity index (χ4n) is 2.30. The first-order valence-corrected chi connectivity index (χ1v) is 7.58. The highest BCUT2D eigenvalue weighted by Gasteiger charge is 2.19. The zero-order valence-corrected chi connectivity index (χ0v) is 12.9. The molecule has 6 nitrogen and oxygen atoms in total. The SMILES string of the molecule is Cc1ccc(NCCCNC(=O)N2CCN[C@H](C)C2)nc1. The Morgan fingerprint density at radius 1 is 1.48 bits per heavy atom. The van der Waals surface area contributed by atoms with Crippen LogP contribution in [-0.2, 0) is 0 Å². The molecule has 1 aliphatic heterocycles. The van der Waals surface area contributed by atoms with E-state index in [4.69, 9.17) is 0 Å². The standard InChI is InChI=1S/C15H25N5O/c1-12-4-5-14(19-10-12)17-6-3-7-18-15(21)20-9-8-16-13(2)11-20/h4-5,10,13,16H,3,6-9,11H2,1-2H3,(H,17,19)(H,18,21)/t13-/m1/s1. The first-order valence-electron chi connectivity index (χ1n) is 7.58. The van der Waals surface area contributed by atoms with Gasteiger partial charge in [-0.25, -0.2) is 9.78 Å². The fourth-order valence-corrected chi connectivity index (χ4v) is 2.30. The highest BCUT2D eigenvalue weighted by molar-refractivity contribution is 5.74. The number of urea groups is 1. The Balaban J connectivity index is 1.59. The Bertz CT molecular complexity index is 448. The normalized spacial score (nSPS) is 18.4. The van der Waals surface area contributed by atoms with Gasteiger partial charge in [-0.2, -0.15) is 0 Å². The number of piperazine rings is 1. The first kappa shape index (κ1) is 15.6. The van der Waals surface area contributed by atoms with Crippen LogP contribution in [0.25, 0.3) is 0 Å². The van der Waals surface area contributed by atoms with Gasteiger partial charge in [-0.1, -0.05) is 6.07 Å². The van der Waals surface area contributed by atoms with Gasteiger partial charge in [0.25, 0.3) is 0 Å². The van der Waals surface area contributed by atoms with Crippen molar-refractivity contribution in [2.75, 3.05) is 38.0 Å². The fraction of sp³-hybridized carbons (Fsp3) is 0.600. The topological polar surface area (TPSA) is 69.3 Å². The largest absolute Gasteiger partial charge is 0.370 e. The molecule has 1 atom stereocenters. The lowest BCUT2D eigenvalue weighted by Gasteiger charge is -2.31. The lowest BCUT2D eigenvalue weighted by Crippen LogP contribution is -2.54. The minimum atomic E-state index is 0.0387. The molecule has 6 heteroatoms. The molecular weight excluding hydrogens is 266 g/mol. The smallest absolute Gasteiger partial charge is 0.317 e. The summed E-state index contributed by atoms with van der Waals surface area (Å²) in [6.45, 7) is 8.01. The molecule has 1 fully saturated rings. The summed E-state index contributed by atoms with van der Waals surface area (Å²) in [4.78, 5) is 18.1. The number of aromatic nitrogens is 1. The van der Waals surface area contributed by atoms with E-state index in [1.54, 1.807) is 0 Å². The van der Waals surface area contributed by atoms with Crippen LogP contribution in [0.3, 0.4) is 0 Å². The average molecular weight is 291 g/mol. The Kier molecular flexibility index (Phi) is 5.80.